The van der Waals surface area contributed by atoms with E-state index >= 15 is 0 Å². The van der Waals surface area contributed by atoms with Crippen LogP contribution in [-0.2, 0) is 0 Å². The lowest BCUT2D eigenvalue weighted by atomic mass is 10.1. The average Bonchev–Trinajstić information content (AvgIpc) is 2.47. The fourth-order valence-corrected chi connectivity index (χ4v) is 1.75. The van der Waals surface area contributed by atoms with Crippen molar-refractivity contribution in [2.45, 2.75) is 13.3 Å². The highest BCUT2D eigenvalue weighted by molar-refractivity contribution is 6.04. The Balaban J connectivity index is 2.16. The lowest BCUT2D eigenvalue weighted by molar-refractivity contribution is 0.104. The fraction of sp³-hybridized carbons (Fsp3) is 0.125. The second-order valence-electron chi connectivity index (χ2n) is 4.30. The van der Waals surface area contributed by atoms with Gasteiger partial charge >= 0.3 is 0 Å². The van der Waals surface area contributed by atoms with Crippen LogP contribution in [0.5, 0.6) is 5.75 Å². The Morgan fingerprint density at radius 3 is 2.85 bits per heavy atom. The third kappa shape index (κ3) is 3.68. The Morgan fingerprint density at radius 2 is 2.20 bits per heavy atom. The van der Waals surface area contributed by atoms with Gasteiger partial charge in [0, 0.05) is 41.5 Å². The maximum Gasteiger partial charge on any atom is 0.189 e. The van der Waals surface area contributed by atoms with E-state index in [9.17, 15) is 9.90 Å². The summed E-state index contributed by atoms with van der Waals surface area (Å²) in [5.74, 6) is 0.0895. The molecule has 0 saturated heterocycles. The molecule has 0 aliphatic rings. The third-order valence-electron chi connectivity index (χ3n) is 2.78. The van der Waals surface area contributed by atoms with E-state index < -0.39 is 0 Å². The van der Waals surface area contributed by atoms with Crippen LogP contribution >= 0.6 is 0 Å². The molecule has 1 aromatic heterocycles. The van der Waals surface area contributed by atoms with Crippen molar-refractivity contribution in [1.82, 2.24) is 4.98 Å². The number of pyridine rings is 1. The van der Waals surface area contributed by atoms with E-state index in [1.54, 1.807) is 48.8 Å². The second-order valence-corrected chi connectivity index (χ2v) is 4.30. The quantitative estimate of drug-likeness (QED) is 0.644. The van der Waals surface area contributed by atoms with E-state index in [4.69, 9.17) is 0 Å². The molecule has 2 aromatic rings. The van der Waals surface area contributed by atoms with Gasteiger partial charge in [0.15, 0.2) is 5.78 Å². The van der Waals surface area contributed by atoms with Gasteiger partial charge in [-0.2, -0.15) is 0 Å². The zero-order valence-electron chi connectivity index (χ0n) is 11.2. The predicted molar refractivity (Wildman–Crippen MR) is 78.7 cm³/mol. The molecule has 2 N–H and O–H groups in total. The summed E-state index contributed by atoms with van der Waals surface area (Å²) in [6.45, 7) is 1.96. The van der Waals surface area contributed by atoms with Crippen molar-refractivity contribution < 1.29 is 9.90 Å². The number of hydrogen-bond donors (Lipinski definition) is 2. The number of aromatic hydroxyl groups is 1. The van der Waals surface area contributed by atoms with Gasteiger partial charge in [-0.05, 0) is 30.7 Å². The van der Waals surface area contributed by atoms with Gasteiger partial charge in [-0.15, -0.1) is 0 Å². The summed E-state index contributed by atoms with van der Waals surface area (Å²) in [6.07, 6.45) is 5.41. The lowest BCUT2D eigenvalue weighted by Gasteiger charge is -2.09. The first-order valence-corrected chi connectivity index (χ1v) is 6.40. The molecule has 4 heteroatoms. The standard InChI is InChI=1S/C16H16N2O2/c1-2-13(18-14-6-3-7-15(19)9-14)10-16(20)12-5-4-8-17-11-12/h3-11,18-19H,2H2,1H3/b13-10-. The SMILES string of the molecule is CC/C(=C/C(=O)c1cccnc1)Nc1cccc(O)c1. The van der Waals surface area contributed by atoms with Gasteiger partial charge in [0.25, 0.3) is 0 Å². The monoisotopic (exact) mass is 268 g/mol. The normalized spacial score (nSPS) is 11.2. The molecule has 0 fully saturated rings. The zero-order chi connectivity index (χ0) is 14.4. The van der Waals surface area contributed by atoms with Crippen molar-refractivity contribution in [3.63, 3.8) is 0 Å². The molecule has 20 heavy (non-hydrogen) atoms. The highest BCUT2D eigenvalue weighted by Gasteiger charge is 2.04. The number of rotatable bonds is 5. The smallest absolute Gasteiger partial charge is 0.189 e. The summed E-state index contributed by atoms with van der Waals surface area (Å²) >= 11 is 0. The predicted octanol–water partition coefficient (Wildman–Crippen LogP) is 3.38. The van der Waals surface area contributed by atoms with E-state index in [0.717, 1.165) is 11.4 Å². The van der Waals surface area contributed by atoms with Crippen molar-refractivity contribution >= 4 is 11.5 Å². The molecule has 0 bridgehead atoms. The average molecular weight is 268 g/mol. The number of nitrogens with zero attached hydrogens (tertiary/aromatic N) is 1. The Kier molecular flexibility index (Phi) is 4.50. The summed E-state index contributed by atoms with van der Waals surface area (Å²) < 4.78 is 0. The van der Waals surface area contributed by atoms with E-state index in [1.165, 1.54) is 0 Å². The molecular weight excluding hydrogens is 252 g/mol. The van der Waals surface area contributed by atoms with Gasteiger partial charge in [0.2, 0.25) is 0 Å². The zero-order valence-corrected chi connectivity index (χ0v) is 11.2. The summed E-state index contributed by atoms with van der Waals surface area (Å²) in [7, 11) is 0. The minimum Gasteiger partial charge on any atom is -0.508 e. The summed E-state index contributed by atoms with van der Waals surface area (Å²) in [5.41, 5.74) is 2.08. The Bertz CT molecular complexity index is 621. The van der Waals surface area contributed by atoms with Crippen LogP contribution in [0, 0.1) is 0 Å². The summed E-state index contributed by atoms with van der Waals surface area (Å²) in [6, 6.07) is 10.2. The molecule has 0 atom stereocenters. The van der Waals surface area contributed by atoms with E-state index in [2.05, 4.69) is 10.3 Å². The van der Waals surface area contributed by atoms with Gasteiger partial charge in [-0.3, -0.25) is 9.78 Å². The molecule has 0 amide bonds. The third-order valence-corrected chi connectivity index (χ3v) is 2.78. The molecule has 1 aromatic carbocycles. The highest BCUT2D eigenvalue weighted by Crippen LogP contribution is 2.18. The van der Waals surface area contributed by atoms with E-state index in [0.29, 0.717) is 12.0 Å². The van der Waals surface area contributed by atoms with Crippen LogP contribution in [-0.4, -0.2) is 15.9 Å². The summed E-state index contributed by atoms with van der Waals surface area (Å²) in [4.78, 5) is 16.0. The Labute approximate surface area is 117 Å². The molecule has 0 saturated carbocycles. The molecule has 2 rings (SSSR count). The van der Waals surface area contributed by atoms with Crippen molar-refractivity contribution in [3.8, 4) is 5.75 Å². The summed E-state index contributed by atoms with van der Waals surface area (Å²) in [5, 5.41) is 12.6. The van der Waals surface area contributed by atoms with Gasteiger partial charge < -0.3 is 10.4 Å². The molecule has 0 radical (unpaired) electrons. The van der Waals surface area contributed by atoms with Crippen LogP contribution in [0.15, 0.2) is 60.6 Å². The molecule has 102 valence electrons. The van der Waals surface area contributed by atoms with Crippen LogP contribution < -0.4 is 5.32 Å². The van der Waals surface area contributed by atoms with Gasteiger partial charge in [-0.1, -0.05) is 13.0 Å². The minimum atomic E-state index is -0.0948. The van der Waals surface area contributed by atoms with Crippen LogP contribution in [0.2, 0.25) is 0 Å². The number of allylic oxidation sites excluding steroid dienone is 2. The number of nitrogens with one attached hydrogen (secondary N) is 1. The first kappa shape index (κ1) is 13.8. The first-order chi connectivity index (χ1) is 9.69. The number of ketones is 1. The molecular formula is C16H16N2O2. The van der Waals surface area contributed by atoms with Gasteiger partial charge in [0.1, 0.15) is 5.75 Å². The van der Waals surface area contributed by atoms with Crippen molar-refractivity contribution in [2.75, 3.05) is 5.32 Å². The van der Waals surface area contributed by atoms with Crippen LogP contribution in [0.3, 0.4) is 0 Å². The Morgan fingerprint density at radius 1 is 1.35 bits per heavy atom. The Hall–Kier alpha value is -2.62. The minimum absolute atomic E-state index is 0.0948. The van der Waals surface area contributed by atoms with Gasteiger partial charge in [-0.25, -0.2) is 0 Å². The maximum absolute atomic E-state index is 12.1. The molecule has 4 nitrogen and oxygen atoms in total. The highest BCUT2D eigenvalue weighted by atomic mass is 16.3. The number of carbonyl (C=O) groups excluding carboxylic acids is 1. The van der Waals surface area contributed by atoms with Crippen molar-refractivity contribution in [3.05, 3.63) is 66.1 Å². The molecule has 0 unspecified atom stereocenters. The first-order valence-electron chi connectivity index (χ1n) is 6.40. The number of benzene rings is 1. The topological polar surface area (TPSA) is 62.2 Å². The number of hydrogen-bond acceptors (Lipinski definition) is 4. The van der Waals surface area contributed by atoms with Crippen molar-refractivity contribution in [1.29, 1.82) is 0 Å². The van der Waals surface area contributed by atoms with E-state index in [1.807, 2.05) is 13.0 Å². The number of phenolic OH excluding ortho intramolecular Hbond substituents is 1. The molecule has 0 spiro atoms. The second kappa shape index (κ2) is 6.52. The number of carbonyl (C=O) groups is 1. The van der Waals surface area contributed by atoms with Gasteiger partial charge in [0.05, 0.1) is 0 Å². The van der Waals surface area contributed by atoms with Crippen LogP contribution in [0.4, 0.5) is 5.69 Å². The number of anilines is 1. The fourth-order valence-electron chi connectivity index (χ4n) is 1.75. The number of phenols is 1. The molecule has 0 aliphatic heterocycles. The maximum atomic E-state index is 12.1. The van der Waals surface area contributed by atoms with Crippen LogP contribution in [0.25, 0.3) is 0 Å². The van der Waals surface area contributed by atoms with E-state index in [-0.39, 0.29) is 11.5 Å². The largest absolute Gasteiger partial charge is 0.508 e. The number of aromatic nitrogens is 1. The van der Waals surface area contributed by atoms with Crippen LogP contribution in [0.1, 0.15) is 23.7 Å². The molecule has 1 heterocycles. The molecule has 0 aliphatic carbocycles. The van der Waals surface area contributed by atoms with Crippen molar-refractivity contribution in [2.24, 2.45) is 0 Å². The lowest BCUT2D eigenvalue weighted by Crippen LogP contribution is -2.03.